The van der Waals surface area contributed by atoms with Crippen LogP contribution in [0.2, 0.25) is 0 Å². The van der Waals surface area contributed by atoms with Crippen molar-refractivity contribution < 1.29 is 9.53 Å². The van der Waals surface area contributed by atoms with Crippen molar-refractivity contribution in [1.82, 2.24) is 0 Å². The third-order valence-corrected chi connectivity index (χ3v) is 3.77. The van der Waals surface area contributed by atoms with Gasteiger partial charge >= 0.3 is 0 Å². The number of rotatable bonds is 2. The molecule has 4 heteroatoms. The summed E-state index contributed by atoms with van der Waals surface area (Å²) in [5.74, 6) is 0.892. The Morgan fingerprint density at radius 1 is 1.00 bits per heavy atom. The summed E-state index contributed by atoms with van der Waals surface area (Å²) in [7, 11) is 3.65. The summed E-state index contributed by atoms with van der Waals surface area (Å²) in [5, 5.41) is 0. The van der Waals surface area contributed by atoms with Gasteiger partial charge in [0.05, 0.1) is 18.5 Å². The molecule has 0 spiro atoms. The van der Waals surface area contributed by atoms with Crippen LogP contribution in [-0.2, 0) is 4.79 Å². The van der Waals surface area contributed by atoms with Crippen molar-refractivity contribution in [3.05, 3.63) is 48.5 Å². The molecule has 4 nitrogen and oxygen atoms in total. The number of hydrogen-bond donors (Lipinski definition) is 0. The monoisotopic (exact) mass is 282 g/mol. The Kier molecular flexibility index (Phi) is 3.52. The van der Waals surface area contributed by atoms with E-state index in [1.807, 2.05) is 55.6 Å². The van der Waals surface area contributed by atoms with Gasteiger partial charge < -0.3 is 9.64 Å². The molecule has 1 aliphatic rings. The third kappa shape index (κ3) is 2.44. The van der Waals surface area contributed by atoms with E-state index in [4.69, 9.17) is 4.74 Å². The molecule has 0 bridgehead atoms. The zero-order chi connectivity index (χ0) is 14.8. The molecule has 0 aromatic heterocycles. The van der Waals surface area contributed by atoms with Crippen LogP contribution in [0.4, 0.5) is 17.1 Å². The maximum Gasteiger partial charge on any atom is 0.233 e. The highest BCUT2D eigenvalue weighted by Gasteiger charge is 2.25. The number of nitrogens with zero attached hydrogens (tertiary/aromatic N) is 2. The van der Waals surface area contributed by atoms with Crippen LogP contribution < -0.4 is 14.5 Å². The molecular formula is C17H18N2O2. The van der Waals surface area contributed by atoms with Crippen molar-refractivity contribution in [2.75, 3.05) is 30.5 Å². The van der Waals surface area contributed by atoms with E-state index in [0.717, 1.165) is 29.4 Å². The number of amides is 1. The molecule has 2 aromatic carbocycles. The summed E-state index contributed by atoms with van der Waals surface area (Å²) in [6, 6.07) is 15.6. The van der Waals surface area contributed by atoms with Crippen molar-refractivity contribution in [3.8, 4) is 5.75 Å². The Labute approximate surface area is 124 Å². The highest BCUT2D eigenvalue weighted by Crippen LogP contribution is 2.37. The van der Waals surface area contributed by atoms with E-state index in [1.54, 1.807) is 12.0 Å². The number of anilines is 3. The molecule has 0 fully saturated rings. The van der Waals surface area contributed by atoms with Crippen molar-refractivity contribution >= 4 is 23.0 Å². The number of methoxy groups -OCH3 is 1. The summed E-state index contributed by atoms with van der Waals surface area (Å²) in [4.78, 5) is 16.5. The lowest BCUT2D eigenvalue weighted by atomic mass is 10.2. The number of fused-ring (bicyclic) bond motifs is 1. The van der Waals surface area contributed by atoms with Crippen LogP contribution in [0.15, 0.2) is 48.5 Å². The van der Waals surface area contributed by atoms with Gasteiger partial charge in [0.2, 0.25) is 5.91 Å². The van der Waals surface area contributed by atoms with Gasteiger partial charge in [0.15, 0.2) is 0 Å². The fourth-order valence-electron chi connectivity index (χ4n) is 2.62. The first kappa shape index (κ1) is 13.5. The molecule has 3 rings (SSSR count). The van der Waals surface area contributed by atoms with Crippen LogP contribution in [0.5, 0.6) is 5.75 Å². The Balaban J connectivity index is 2.09. The first-order valence-electron chi connectivity index (χ1n) is 6.98. The molecule has 108 valence electrons. The zero-order valence-corrected chi connectivity index (χ0v) is 12.2. The predicted molar refractivity (Wildman–Crippen MR) is 84.5 cm³/mol. The summed E-state index contributed by atoms with van der Waals surface area (Å²) in [6.07, 6.45) is 0.497. The van der Waals surface area contributed by atoms with E-state index >= 15 is 0 Å². The highest BCUT2D eigenvalue weighted by molar-refractivity contribution is 6.04. The number of hydrogen-bond acceptors (Lipinski definition) is 3. The van der Waals surface area contributed by atoms with E-state index in [9.17, 15) is 4.79 Å². The average molecular weight is 282 g/mol. The van der Waals surface area contributed by atoms with Gasteiger partial charge in [-0.1, -0.05) is 12.1 Å². The zero-order valence-electron chi connectivity index (χ0n) is 12.2. The quantitative estimate of drug-likeness (QED) is 0.848. The van der Waals surface area contributed by atoms with E-state index in [1.165, 1.54) is 0 Å². The normalized spacial score (nSPS) is 14.7. The second kappa shape index (κ2) is 5.48. The molecular weight excluding hydrogens is 264 g/mol. The Morgan fingerprint density at radius 3 is 2.33 bits per heavy atom. The predicted octanol–water partition coefficient (Wildman–Crippen LogP) is 3.20. The minimum Gasteiger partial charge on any atom is -0.497 e. The first-order chi connectivity index (χ1) is 10.2. The number of para-hydroxylation sites is 2. The second-order valence-corrected chi connectivity index (χ2v) is 5.09. The molecule has 2 aromatic rings. The van der Waals surface area contributed by atoms with Crippen molar-refractivity contribution in [3.63, 3.8) is 0 Å². The minimum atomic E-state index is 0.108. The van der Waals surface area contributed by atoms with Crippen LogP contribution in [0.3, 0.4) is 0 Å². The molecule has 1 heterocycles. The van der Waals surface area contributed by atoms with Gasteiger partial charge in [-0.2, -0.15) is 0 Å². The van der Waals surface area contributed by atoms with Gasteiger partial charge in [-0.15, -0.1) is 0 Å². The maximum atomic E-state index is 12.5. The molecule has 0 saturated heterocycles. The van der Waals surface area contributed by atoms with Gasteiger partial charge in [0.1, 0.15) is 5.75 Å². The Hall–Kier alpha value is -2.49. The molecule has 0 aliphatic carbocycles. The van der Waals surface area contributed by atoms with E-state index < -0.39 is 0 Å². The van der Waals surface area contributed by atoms with Gasteiger partial charge in [-0.05, 0) is 36.4 Å². The molecule has 21 heavy (non-hydrogen) atoms. The molecule has 0 atom stereocenters. The summed E-state index contributed by atoms with van der Waals surface area (Å²) in [5.41, 5.74) is 2.86. The van der Waals surface area contributed by atoms with E-state index in [2.05, 4.69) is 4.90 Å². The van der Waals surface area contributed by atoms with E-state index in [-0.39, 0.29) is 5.91 Å². The fraction of sp³-hybridized carbons (Fsp3) is 0.235. The number of ether oxygens (including phenoxy) is 1. The number of carbonyl (C=O) groups is 1. The molecule has 0 N–H and O–H groups in total. The number of carbonyl (C=O) groups excluding carboxylic acids is 1. The standard InChI is InChI=1S/C17H18N2O2/c1-18-12-11-17(20)19(16-6-4-3-5-15(16)18)13-7-9-14(21-2)10-8-13/h3-10H,11-12H2,1-2H3. The summed E-state index contributed by atoms with van der Waals surface area (Å²) in [6.45, 7) is 0.725. The molecule has 1 amide bonds. The van der Waals surface area contributed by atoms with Gasteiger partial charge in [-0.3, -0.25) is 9.69 Å². The van der Waals surface area contributed by atoms with E-state index in [0.29, 0.717) is 6.42 Å². The van der Waals surface area contributed by atoms with Crippen molar-refractivity contribution in [2.24, 2.45) is 0 Å². The van der Waals surface area contributed by atoms with Crippen molar-refractivity contribution in [1.29, 1.82) is 0 Å². The summed E-state index contributed by atoms with van der Waals surface area (Å²) >= 11 is 0. The average Bonchev–Trinajstić information content (AvgIpc) is 2.65. The highest BCUT2D eigenvalue weighted by atomic mass is 16.5. The van der Waals surface area contributed by atoms with Crippen LogP contribution in [0, 0.1) is 0 Å². The summed E-state index contributed by atoms with van der Waals surface area (Å²) < 4.78 is 5.18. The maximum absolute atomic E-state index is 12.5. The Bertz CT molecular complexity index is 652. The van der Waals surface area contributed by atoms with Gasteiger partial charge in [0.25, 0.3) is 0 Å². The topological polar surface area (TPSA) is 32.8 Å². The van der Waals surface area contributed by atoms with Crippen LogP contribution in [-0.4, -0.2) is 26.6 Å². The second-order valence-electron chi connectivity index (χ2n) is 5.09. The number of benzene rings is 2. The molecule has 0 radical (unpaired) electrons. The van der Waals surface area contributed by atoms with Gasteiger partial charge in [-0.25, -0.2) is 0 Å². The lowest BCUT2D eigenvalue weighted by Gasteiger charge is -2.24. The molecule has 0 unspecified atom stereocenters. The van der Waals surface area contributed by atoms with Crippen LogP contribution >= 0.6 is 0 Å². The lowest BCUT2D eigenvalue weighted by Crippen LogP contribution is -2.25. The largest absolute Gasteiger partial charge is 0.497 e. The minimum absolute atomic E-state index is 0.108. The Morgan fingerprint density at radius 2 is 1.67 bits per heavy atom. The van der Waals surface area contributed by atoms with Crippen LogP contribution in [0.1, 0.15) is 6.42 Å². The SMILES string of the molecule is COc1ccc(N2C(=O)CCN(C)c3ccccc32)cc1. The fourth-order valence-corrected chi connectivity index (χ4v) is 2.62. The molecule has 0 saturated carbocycles. The smallest absolute Gasteiger partial charge is 0.233 e. The van der Waals surface area contributed by atoms with Crippen molar-refractivity contribution in [2.45, 2.75) is 6.42 Å². The third-order valence-electron chi connectivity index (χ3n) is 3.77. The first-order valence-corrected chi connectivity index (χ1v) is 6.98. The lowest BCUT2D eigenvalue weighted by molar-refractivity contribution is -0.117. The molecule has 1 aliphatic heterocycles. The van der Waals surface area contributed by atoms with Crippen LogP contribution in [0.25, 0.3) is 0 Å². The van der Waals surface area contributed by atoms with Gasteiger partial charge in [0, 0.05) is 25.7 Å².